The van der Waals surface area contributed by atoms with Crippen LogP contribution in [-0.2, 0) is 0 Å². The van der Waals surface area contributed by atoms with Crippen LogP contribution in [0.25, 0.3) is 0 Å². The number of piperidine rings is 3. The zero-order valence-corrected chi connectivity index (χ0v) is 9.43. The van der Waals surface area contributed by atoms with E-state index in [4.69, 9.17) is 4.52 Å². The normalized spacial score (nSPS) is 37.9. The molecule has 1 aromatic rings. The number of nitrogens with zero attached hydrogens (tertiary/aromatic N) is 3. The third-order valence-electron chi connectivity index (χ3n) is 4.37. The van der Waals surface area contributed by atoms with Crippen molar-refractivity contribution >= 4 is 0 Å². The molecule has 0 radical (unpaired) electrons. The van der Waals surface area contributed by atoms with Crippen molar-refractivity contribution in [1.82, 2.24) is 15.0 Å². The van der Waals surface area contributed by atoms with Gasteiger partial charge in [-0.1, -0.05) is 5.16 Å². The van der Waals surface area contributed by atoms with Crippen LogP contribution in [0.15, 0.2) is 4.52 Å². The minimum absolute atomic E-state index is 0.541. The van der Waals surface area contributed by atoms with Crippen LogP contribution in [0.4, 0.5) is 0 Å². The molecule has 4 heteroatoms. The summed E-state index contributed by atoms with van der Waals surface area (Å²) in [6, 6.07) is 0. The van der Waals surface area contributed by atoms with Gasteiger partial charge in [0.15, 0.2) is 5.82 Å². The van der Waals surface area contributed by atoms with E-state index in [0.717, 1.165) is 24.2 Å². The summed E-state index contributed by atoms with van der Waals surface area (Å²) < 4.78 is 5.37. The van der Waals surface area contributed by atoms with Gasteiger partial charge >= 0.3 is 0 Å². The van der Waals surface area contributed by atoms with E-state index in [2.05, 4.69) is 15.0 Å². The molecule has 4 aliphatic rings. The molecular weight excluding hydrogens is 202 g/mol. The van der Waals surface area contributed by atoms with Gasteiger partial charge in [0.25, 0.3) is 0 Å². The smallest absolute Gasteiger partial charge is 0.229 e. The third kappa shape index (κ3) is 1.39. The molecule has 4 nitrogen and oxygen atoms in total. The minimum atomic E-state index is 0.541. The lowest BCUT2D eigenvalue weighted by Crippen LogP contribution is -2.46. The quantitative estimate of drug-likeness (QED) is 0.760. The van der Waals surface area contributed by atoms with Gasteiger partial charge < -0.3 is 9.42 Å². The maximum atomic E-state index is 5.37. The molecule has 16 heavy (non-hydrogen) atoms. The van der Waals surface area contributed by atoms with Gasteiger partial charge in [-0.25, -0.2) is 0 Å². The van der Waals surface area contributed by atoms with Crippen LogP contribution in [0.5, 0.6) is 0 Å². The molecule has 2 bridgehead atoms. The Morgan fingerprint density at radius 3 is 2.56 bits per heavy atom. The largest absolute Gasteiger partial charge is 0.339 e. The van der Waals surface area contributed by atoms with Crippen molar-refractivity contribution in [2.45, 2.75) is 37.5 Å². The zero-order valence-electron chi connectivity index (χ0n) is 9.43. The fourth-order valence-corrected chi connectivity index (χ4v) is 3.15. The summed E-state index contributed by atoms with van der Waals surface area (Å²) in [4.78, 5) is 7.15. The van der Waals surface area contributed by atoms with Crippen LogP contribution in [0.3, 0.4) is 0 Å². The molecule has 3 saturated heterocycles. The highest BCUT2D eigenvalue weighted by atomic mass is 16.5. The summed E-state index contributed by atoms with van der Waals surface area (Å²) in [5.41, 5.74) is 0. The van der Waals surface area contributed by atoms with Gasteiger partial charge in [-0.05, 0) is 44.7 Å². The van der Waals surface area contributed by atoms with Crippen LogP contribution >= 0.6 is 0 Å². The molecule has 0 spiro atoms. The van der Waals surface area contributed by atoms with E-state index in [-0.39, 0.29) is 0 Å². The predicted molar refractivity (Wildman–Crippen MR) is 58.2 cm³/mol. The number of hydrogen-bond donors (Lipinski definition) is 0. The maximum Gasteiger partial charge on any atom is 0.229 e. The monoisotopic (exact) mass is 219 g/mol. The number of hydrogen-bond acceptors (Lipinski definition) is 4. The molecule has 1 aliphatic carbocycles. The molecule has 4 heterocycles. The Hall–Kier alpha value is -0.900. The zero-order chi connectivity index (χ0) is 10.5. The molecule has 5 rings (SSSR count). The minimum Gasteiger partial charge on any atom is -0.339 e. The second kappa shape index (κ2) is 3.29. The summed E-state index contributed by atoms with van der Waals surface area (Å²) >= 11 is 0. The van der Waals surface area contributed by atoms with Crippen molar-refractivity contribution in [2.75, 3.05) is 19.6 Å². The van der Waals surface area contributed by atoms with Gasteiger partial charge in [-0.15, -0.1) is 0 Å². The average Bonchev–Trinajstić information content (AvgIpc) is 3.09. The van der Waals surface area contributed by atoms with E-state index < -0.39 is 0 Å². The van der Waals surface area contributed by atoms with E-state index in [1.54, 1.807) is 0 Å². The van der Waals surface area contributed by atoms with Crippen molar-refractivity contribution < 1.29 is 4.52 Å². The molecule has 1 aromatic heterocycles. The second-order valence-electron chi connectivity index (χ2n) is 5.51. The van der Waals surface area contributed by atoms with E-state index in [0.29, 0.717) is 11.8 Å². The summed E-state index contributed by atoms with van der Waals surface area (Å²) in [7, 11) is 0. The van der Waals surface area contributed by atoms with Gasteiger partial charge in [0.1, 0.15) is 0 Å². The molecule has 0 aromatic carbocycles. The van der Waals surface area contributed by atoms with Gasteiger partial charge in [0.2, 0.25) is 5.89 Å². The van der Waals surface area contributed by atoms with E-state index in [1.165, 1.54) is 38.8 Å². The highest BCUT2D eigenvalue weighted by Gasteiger charge is 2.38. The van der Waals surface area contributed by atoms with Crippen LogP contribution in [0, 0.1) is 5.92 Å². The third-order valence-corrected chi connectivity index (χ3v) is 4.37. The fourth-order valence-electron chi connectivity index (χ4n) is 3.15. The summed E-state index contributed by atoms with van der Waals surface area (Å²) in [5.74, 6) is 3.80. The van der Waals surface area contributed by atoms with E-state index in [9.17, 15) is 0 Å². The highest BCUT2D eigenvalue weighted by molar-refractivity contribution is 5.08. The second-order valence-corrected chi connectivity index (χ2v) is 5.51. The average molecular weight is 219 g/mol. The summed E-state index contributed by atoms with van der Waals surface area (Å²) in [6.07, 6.45) is 5.11. The van der Waals surface area contributed by atoms with Crippen LogP contribution in [0.1, 0.15) is 49.2 Å². The Morgan fingerprint density at radius 1 is 1.12 bits per heavy atom. The Balaban J connectivity index is 1.59. The predicted octanol–water partition coefficient (Wildman–Crippen LogP) is 1.76. The van der Waals surface area contributed by atoms with Gasteiger partial charge in [0.05, 0.1) is 0 Å². The first-order valence-electron chi connectivity index (χ1n) is 6.46. The Bertz CT molecular complexity index is 391. The highest BCUT2D eigenvalue weighted by Crippen LogP contribution is 2.41. The Morgan fingerprint density at radius 2 is 1.94 bits per heavy atom. The van der Waals surface area contributed by atoms with Crippen molar-refractivity contribution in [3.63, 3.8) is 0 Å². The molecular formula is C12H17N3O. The molecule has 0 N–H and O–H groups in total. The van der Waals surface area contributed by atoms with Crippen molar-refractivity contribution in [3.05, 3.63) is 11.7 Å². The van der Waals surface area contributed by atoms with Gasteiger partial charge in [-0.2, -0.15) is 4.98 Å². The topological polar surface area (TPSA) is 42.2 Å². The summed E-state index contributed by atoms with van der Waals surface area (Å²) in [6.45, 7) is 3.69. The van der Waals surface area contributed by atoms with E-state index >= 15 is 0 Å². The molecule has 1 unspecified atom stereocenters. The maximum absolute atomic E-state index is 5.37. The number of fused-ring (bicyclic) bond motifs is 3. The first-order chi connectivity index (χ1) is 7.90. The van der Waals surface area contributed by atoms with E-state index in [1.807, 2.05) is 0 Å². The van der Waals surface area contributed by atoms with Gasteiger partial charge in [-0.3, -0.25) is 0 Å². The van der Waals surface area contributed by atoms with Crippen molar-refractivity contribution in [1.29, 1.82) is 0 Å². The first-order valence-corrected chi connectivity index (χ1v) is 6.46. The van der Waals surface area contributed by atoms with Crippen molar-refractivity contribution in [3.8, 4) is 0 Å². The Kier molecular flexibility index (Phi) is 1.89. The lowest BCUT2D eigenvalue weighted by molar-refractivity contribution is 0.0825. The standard InChI is InChI=1S/C12H17N3O/c1-2-9(1)12-13-11(14-16-12)10-7-15-5-3-8(10)4-6-15/h8-10H,1-7H2. The molecule has 0 amide bonds. The van der Waals surface area contributed by atoms with Crippen LogP contribution < -0.4 is 0 Å². The number of aromatic nitrogens is 2. The molecule has 86 valence electrons. The summed E-state index contributed by atoms with van der Waals surface area (Å²) in [5, 5.41) is 4.21. The van der Waals surface area contributed by atoms with Crippen LogP contribution in [-0.4, -0.2) is 34.7 Å². The Labute approximate surface area is 95.0 Å². The number of rotatable bonds is 2. The fraction of sp³-hybridized carbons (Fsp3) is 0.833. The molecule has 4 fully saturated rings. The lowest BCUT2D eigenvalue weighted by atomic mass is 9.79. The molecule has 3 aliphatic heterocycles. The van der Waals surface area contributed by atoms with Crippen molar-refractivity contribution in [2.24, 2.45) is 5.92 Å². The van der Waals surface area contributed by atoms with Crippen LogP contribution in [0.2, 0.25) is 0 Å². The molecule has 1 atom stereocenters. The van der Waals surface area contributed by atoms with Gasteiger partial charge in [0, 0.05) is 18.4 Å². The first kappa shape index (κ1) is 9.16. The molecule has 1 saturated carbocycles. The lowest BCUT2D eigenvalue weighted by Gasteiger charge is -2.43. The SMILES string of the molecule is C1CC1c1nc(C2CN3CCC2CC3)no1.